The van der Waals surface area contributed by atoms with E-state index in [-0.39, 0.29) is 5.41 Å². The average Bonchev–Trinajstić information content (AvgIpc) is 3.63. The average molecular weight is 776 g/mol. The number of hydrogen-bond acceptors (Lipinski definition) is 11. The molecule has 0 bridgehead atoms. The number of nitrogens with zero attached hydrogens (tertiary/aromatic N) is 5. The third kappa shape index (κ3) is 11.3. The number of carbonyl (C=O) groups is 1. The second kappa shape index (κ2) is 19.2. The smallest absolute Gasteiger partial charge is 0.324 e. The zero-order chi connectivity index (χ0) is 40.2. The molecule has 0 aliphatic carbocycles. The minimum Gasteiger partial charge on any atom is -0.481 e. The normalized spacial score (nSPS) is 11.4. The van der Waals surface area contributed by atoms with Crippen LogP contribution in [0.5, 0.6) is 23.4 Å². The van der Waals surface area contributed by atoms with Crippen molar-refractivity contribution in [1.29, 1.82) is 0 Å². The van der Waals surface area contributed by atoms with Gasteiger partial charge in [0.2, 0.25) is 17.6 Å². The summed E-state index contributed by atoms with van der Waals surface area (Å²) in [5.41, 5.74) is 4.07. The van der Waals surface area contributed by atoms with Gasteiger partial charge in [0.15, 0.2) is 0 Å². The van der Waals surface area contributed by atoms with E-state index in [1.54, 1.807) is 31.2 Å². The van der Waals surface area contributed by atoms with Crippen LogP contribution < -0.4 is 24.8 Å². The Kier molecular flexibility index (Phi) is 13.6. The second-order valence-corrected chi connectivity index (χ2v) is 14.2. The van der Waals surface area contributed by atoms with Gasteiger partial charge in [-0.1, -0.05) is 62.7 Å². The van der Waals surface area contributed by atoms with Gasteiger partial charge in [-0.2, -0.15) is 15.1 Å². The van der Waals surface area contributed by atoms with Crippen LogP contribution in [0.3, 0.4) is 0 Å². The van der Waals surface area contributed by atoms with Gasteiger partial charge in [0, 0.05) is 60.2 Å². The van der Waals surface area contributed by atoms with E-state index in [1.165, 1.54) is 0 Å². The van der Waals surface area contributed by atoms with Crippen LogP contribution in [0.4, 0.5) is 16.3 Å². The van der Waals surface area contributed by atoms with Crippen LogP contribution in [0.2, 0.25) is 0 Å². The molecule has 3 aromatic heterocycles. The van der Waals surface area contributed by atoms with Crippen LogP contribution in [0.15, 0.2) is 91.1 Å². The number of rotatable bonds is 18. The Bertz CT molecular complexity index is 2250. The maximum Gasteiger partial charge on any atom is 0.324 e. The zero-order valence-electron chi connectivity index (χ0n) is 33.2. The van der Waals surface area contributed by atoms with Gasteiger partial charge in [-0.25, -0.2) is 14.5 Å². The molecule has 0 atom stereocenters. The molecule has 2 amide bonds. The van der Waals surface area contributed by atoms with Crippen molar-refractivity contribution in [1.82, 2.24) is 24.7 Å². The van der Waals surface area contributed by atoms with E-state index in [4.69, 9.17) is 33.5 Å². The van der Waals surface area contributed by atoms with Gasteiger partial charge < -0.3 is 33.7 Å². The summed E-state index contributed by atoms with van der Waals surface area (Å²) in [6.45, 7) is 11.0. The predicted molar refractivity (Wildman–Crippen MR) is 218 cm³/mol. The number of nitrogens with one attached hydrogen (secondary N) is 2. The summed E-state index contributed by atoms with van der Waals surface area (Å²) in [5, 5.41) is 12.5. The van der Waals surface area contributed by atoms with Crippen molar-refractivity contribution in [3.8, 4) is 29.1 Å². The van der Waals surface area contributed by atoms with Crippen LogP contribution in [0.25, 0.3) is 16.5 Å². The Morgan fingerprint density at radius 2 is 1.47 bits per heavy atom. The van der Waals surface area contributed by atoms with E-state index in [1.807, 2.05) is 85.8 Å². The lowest BCUT2D eigenvalue weighted by Crippen LogP contribution is -2.21. The fourth-order valence-electron chi connectivity index (χ4n) is 5.76. The highest BCUT2D eigenvalue weighted by Gasteiger charge is 2.22. The molecular weight excluding hydrogens is 727 g/mol. The molecule has 0 aliphatic rings. The molecule has 0 saturated carbocycles. The van der Waals surface area contributed by atoms with Crippen molar-refractivity contribution in [3.63, 3.8) is 0 Å². The third-order valence-corrected chi connectivity index (χ3v) is 8.72. The van der Waals surface area contributed by atoms with Crippen molar-refractivity contribution in [2.75, 3.05) is 64.5 Å². The predicted octanol–water partition coefficient (Wildman–Crippen LogP) is 7.91. The number of amides is 2. The van der Waals surface area contributed by atoms with E-state index in [0.717, 1.165) is 33.3 Å². The molecule has 0 saturated heterocycles. The van der Waals surface area contributed by atoms with Gasteiger partial charge in [0.05, 0.1) is 57.2 Å². The minimum absolute atomic E-state index is 0.221. The highest BCUT2D eigenvalue weighted by atomic mass is 16.6. The minimum atomic E-state index is -0.405. The van der Waals surface area contributed by atoms with E-state index in [2.05, 4.69) is 46.4 Å². The number of methoxy groups -OCH3 is 2. The van der Waals surface area contributed by atoms with E-state index in [0.29, 0.717) is 86.8 Å². The molecule has 3 heterocycles. The van der Waals surface area contributed by atoms with E-state index in [9.17, 15) is 4.79 Å². The first kappa shape index (κ1) is 40.6. The van der Waals surface area contributed by atoms with Gasteiger partial charge in [-0.05, 0) is 36.8 Å². The third-order valence-electron chi connectivity index (χ3n) is 8.72. The van der Waals surface area contributed by atoms with E-state index >= 15 is 0 Å². The van der Waals surface area contributed by atoms with Crippen LogP contribution >= 0.6 is 0 Å². The Morgan fingerprint density at radius 1 is 0.754 bits per heavy atom. The lowest BCUT2D eigenvalue weighted by Gasteiger charge is -2.14. The molecule has 298 valence electrons. The molecule has 6 rings (SSSR count). The topological polar surface area (TPSA) is 153 Å². The zero-order valence-corrected chi connectivity index (χ0v) is 33.2. The van der Waals surface area contributed by atoms with Crippen molar-refractivity contribution in [2.24, 2.45) is 0 Å². The number of carbonyl (C=O) groups excluding carboxylic acids is 1. The summed E-state index contributed by atoms with van der Waals surface area (Å²) in [6, 6.07) is 26.1. The van der Waals surface area contributed by atoms with Crippen LogP contribution in [-0.2, 0) is 26.0 Å². The monoisotopic (exact) mass is 775 g/mol. The standard InChI is InChI=1S/C43H49N7O7/c1-29-11-13-31(14-12-29)50-38(28-36(49-50)43(2,3)4)47-42(51)45-34-15-16-35(33-10-8-7-9-32(33)34)57-39-17-18-44-37(46-39)25-30-26-40(53-6)48-41(27-30)56-24-23-55-22-21-54-20-19-52-5/h7-18,26-28H,19-25H2,1-6H3,(H2,45,47,51). The Labute approximate surface area is 332 Å². The SMILES string of the molecule is COCCOCCOCCOc1cc(Cc2nccc(Oc3ccc(NC(=O)Nc4cc(C(C)(C)C)nn4-c4ccc(C)cc4)c4ccccc34)n2)cc(OC)n1. The van der Waals surface area contributed by atoms with E-state index < -0.39 is 6.03 Å². The Morgan fingerprint density at radius 3 is 2.21 bits per heavy atom. The van der Waals surface area contributed by atoms with Crippen molar-refractivity contribution < 1.29 is 33.2 Å². The van der Waals surface area contributed by atoms with Crippen molar-refractivity contribution >= 4 is 28.3 Å². The Balaban J connectivity index is 1.12. The summed E-state index contributed by atoms with van der Waals surface area (Å²) in [6.07, 6.45) is 2.03. The highest BCUT2D eigenvalue weighted by Crippen LogP contribution is 2.34. The first-order chi connectivity index (χ1) is 27.6. The summed E-state index contributed by atoms with van der Waals surface area (Å²) < 4.78 is 35.3. The number of urea groups is 1. The number of aryl methyl sites for hydroxylation is 1. The first-order valence-corrected chi connectivity index (χ1v) is 18.7. The first-order valence-electron chi connectivity index (χ1n) is 18.7. The molecule has 0 radical (unpaired) electrons. The van der Waals surface area contributed by atoms with Gasteiger partial charge >= 0.3 is 6.03 Å². The largest absolute Gasteiger partial charge is 0.481 e. The number of fused-ring (bicyclic) bond motifs is 1. The maximum atomic E-state index is 13.5. The van der Waals surface area contributed by atoms with Gasteiger partial charge in [-0.3, -0.25) is 5.32 Å². The van der Waals surface area contributed by atoms with Crippen LogP contribution in [-0.4, -0.2) is 84.6 Å². The number of hydrogen-bond donors (Lipinski definition) is 2. The molecule has 2 N–H and O–H groups in total. The molecule has 0 fully saturated rings. The number of benzene rings is 3. The number of anilines is 2. The Hall–Kier alpha value is -6.09. The van der Waals surface area contributed by atoms with Crippen LogP contribution in [0, 0.1) is 6.92 Å². The number of pyridine rings is 1. The molecule has 14 heteroatoms. The second-order valence-electron chi connectivity index (χ2n) is 14.2. The molecule has 0 spiro atoms. The van der Waals surface area contributed by atoms with Gasteiger partial charge in [-0.15, -0.1) is 0 Å². The lowest BCUT2D eigenvalue weighted by atomic mass is 9.92. The lowest BCUT2D eigenvalue weighted by molar-refractivity contribution is 0.0176. The summed E-state index contributed by atoms with van der Waals surface area (Å²) in [5.74, 6) is 2.82. The molecule has 6 aromatic rings. The molecule has 0 aliphatic heterocycles. The molecular formula is C43H49N7O7. The fraction of sp³-hybridized carbons (Fsp3) is 0.326. The summed E-state index contributed by atoms with van der Waals surface area (Å²) in [4.78, 5) is 27.1. The molecule has 0 unspecified atom stereocenters. The molecule has 3 aromatic carbocycles. The number of aromatic nitrogens is 5. The van der Waals surface area contributed by atoms with Gasteiger partial charge in [0.1, 0.15) is 24.0 Å². The number of ether oxygens (including phenoxy) is 6. The summed E-state index contributed by atoms with van der Waals surface area (Å²) in [7, 11) is 3.18. The quantitative estimate of drug-likeness (QED) is 0.0820. The van der Waals surface area contributed by atoms with Crippen molar-refractivity contribution in [2.45, 2.75) is 39.5 Å². The molecule has 57 heavy (non-hydrogen) atoms. The van der Waals surface area contributed by atoms with Gasteiger partial charge in [0.25, 0.3) is 0 Å². The molecule has 14 nitrogen and oxygen atoms in total. The maximum absolute atomic E-state index is 13.5. The van der Waals surface area contributed by atoms with Crippen molar-refractivity contribution in [3.05, 3.63) is 114 Å². The van der Waals surface area contributed by atoms with Crippen LogP contribution in [0.1, 0.15) is 43.4 Å². The summed E-state index contributed by atoms with van der Waals surface area (Å²) >= 11 is 0. The highest BCUT2D eigenvalue weighted by molar-refractivity contribution is 6.07. The fourth-order valence-corrected chi connectivity index (χ4v) is 5.76.